The standard InChI is InChI=1S/C14H8O4/c15-13-11(7-9-3-1-5-17-9)14(16)12(13)8-10-4-2-6-18-10/h1-8H. The van der Waals surface area contributed by atoms with Crippen molar-refractivity contribution >= 4 is 12.2 Å². The topological polar surface area (TPSA) is 60.4 Å². The molecule has 0 spiro atoms. The van der Waals surface area contributed by atoms with Crippen molar-refractivity contribution in [2.24, 2.45) is 0 Å². The quantitative estimate of drug-likeness (QED) is 0.638. The van der Waals surface area contributed by atoms with Crippen LogP contribution in [0.15, 0.2) is 55.2 Å². The van der Waals surface area contributed by atoms with Gasteiger partial charge in [0.2, 0.25) is 10.9 Å². The van der Waals surface area contributed by atoms with Crippen LogP contribution in [-0.2, 0) is 0 Å². The molecule has 88 valence electrons. The van der Waals surface area contributed by atoms with Gasteiger partial charge in [0, 0.05) is 0 Å². The molecular weight excluding hydrogens is 232 g/mol. The molecule has 3 aromatic rings. The first-order valence-electron chi connectivity index (χ1n) is 5.35. The summed E-state index contributed by atoms with van der Waals surface area (Å²) in [5.41, 5.74) is -0.569. The Bertz CT molecular complexity index is 742. The number of rotatable bonds is 2. The Morgan fingerprint density at radius 3 is 1.56 bits per heavy atom. The maximum absolute atomic E-state index is 11.8. The molecule has 2 aromatic heterocycles. The molecule has 0 fully saturated rings. The summed E-state index contributed by atoms with van der Waals surface area (Å²) in [5, 5.41) is 0.283. The van der Waals surface area contributed by atoms with Crippen LogP contribution in [0.1, 0.15) is 11.5 Å². The molecule has 0 N–H and O–H groups in total. The van der Waals surface area contributed by atoms with Crippen molar-refractivity contribution in [1.29, 1.82) is 0 Å². The van der Waals surface area contributed by atoms with Crippen LogP contribution in [0.2, 0.25) is 0 Å². The van der Waals surface area contributed by atoms with Crippen molar-refractivity contribution in [2.45, 2.75) is 0 Å². The zero-order chi connectivity index (χ0) is 12.5. The van der Waals surface area contributed by atoms with Gasteiger partial charge >= 0.3 is 0 Å². The van der Waals surface area contributed by atoms with E-state index < -0.39 is 0 Å². The highest BCUT2D eigenvalue weighted by Crippen LogP contribution is 1.99. The van der Waals surface area contributed by atoms with E-state index in [-0.39, 0.29) is 21.3 Å². The Morgan fingerprint density at radius 1 is 0.778 bits per heavy atom. The third-order valence-electron chi connectivity index (χ3n) is 2.64. The van der Waals surface area contributed by atoms with Crippen molar-refractivity contribution < 1.29 is 8.83 Å². The SMILES string of the molecule is O=c1c(=Cc2ccco2)c(=O)c1=Cc1ccco1. The highest BCUT2D eigenvalue weighted by molar-refractivity contribution is 5.49. The van der Waals surface area contributed by atoms with Gasteiger partial charge in [-0.3, -0.25) is 9.59 Å². The Labute approximate surface area is 101 Å². The van der Waals surface area contributed by atoms with Gasteiger partial charge in [0.05, 0.1) is 23.0 Å². The Balaban J connectivity index is 2.14. The third-order valence-corrected chi connectivity index (χ3v) is 2.64. The maximum Gasteiger partial charge on any atom is 0.201 e. The second-order valence-corrected chi connectivity index (χ2v) is 3.81. The van der Waals surface area contributed by atoms with E-state index in [1.807, 2.05) is 0 Å². The summed E-state index contributed by atoms with van der Waals surface area (Å²) in [4.78, 5) is 23.6. The molecule has 2 heterocycles. The molecular formula is C14H8O4. The number of hydrogen-bond acceptors (Lipinski definition) is 4. The molecule has 0 saturated carbocycles. The Hall–Kier alpha value is -2.62. The molecule has 0 radical (unpaired) electrons. The van der Waals surface area contributed by atoms with Crippen LogP contribution in [0, 0.1) is 0 Å². The van der Waals surface area contributed by atoms with Crippen LogP contribution >= 0.6 is 0 Å². The molecule has 0 aliphatic carbocycles. The predicted octanol–water partition coefficient (Wildman–Crippen LogP) is 0.126. The molecule has 0 unspecified atom stereocenters. The fourth-order valence-corrected chi connectivity index (χ4v) is 1.73. The van der Waals surface area contributed by atoms with Crippen LogP contribution in [0.5, 0.6) is 0 Å². The highest BCUT2D eigenvalue weighted by Gasteiger charge is 2.09. The average Bonchev–Trinajstić information content (AvgIpc) is 3.05. The van der Waals surface area contributed by atoms with Gasteiger partial charge in [-0.2, -0.15) is 0 Å². The smallest absolute Gasteiger partial charge is 0.201 e. The second kappa shape index (κ2) is 4.00. The molecule has 1 aromatic carbocycles. The van der Waals surface area contributed by atoms with E-state index in [0.717, 1.165) is 0 Å². The monoisotopic (exact) mass is 240 g/mol. The second-order valence-electron chi connectivity index (χ2n) is 3.81. The van der Waals surface area contributed by atoms with Crippen molar-refractivity contribution in [3.63, 3.8) is 0 Å². The van der Waals surface area contributed by atoms with E-state index in [9.17, 15) is 9.59 Å². The molecule has 3 rings (SSSR count). The van der Waals surface area contributed by atoms with Gasteiger partial charge in [-0.05, 0) is 36.4 Å². The summed E-state index contributed by atoms with van der Waals surface area (Å²) in [6.07, 6.45) is 5.87. The lowest BCUT2D eigenvalue weighted by atomic mass is 10.1. The number of hydrogen-bond donors (Lipinski definition) is 0. The first-order chi connectivity index (χ1) is 8.75. The summed E-state index contributed by atoms with van der Waals surface area (Å²) in [5.74, 6) is 0.979. The summed E-state index contributed by atoms with van der Waals surface area (Å²) in [6.45, 7) is 0. The van der Waals surface area contributed by atoms with Gasteiger partial charge in [-0.25, -0.2) is 0 Å². The summed E-state index contributed by atoms with van der Waals surface area (Å²) in [6, 6.07) is 6.75. The molecule has 0 aliphatic heterocycles. The van der Waals surface area contributed by atoms with Crippen LogP contribution in [0.25, 0.3) is 12.2 Å². The Kier molecular flexibility index (Phi) is 2.34. The van der Waals surface area contributed by atoms with Gasteiger partial charge in [0.15, 0.2) is 0 Å². The molecule has 0 aliphatic rings. The molecule has 4 heteroatoms. The molecule has 0 amide bonds. The van der Waals surface area contributed by atoms with E-state index in [4.69, 9.17) is 8.83 Å². The fraction of sp³-hybridized carbons (Fsp3) is 0. The minimum Gasteiger partial charge on any atom is -0.465 e. The van der Waals surface area contributed by atoms with Crippen molar-refractivity contribution in [3.05, 3.63) is 79.2 Å². The van der Waals surface area contributed by atoms with E-state index in [2.05, 4.69) is 0 Å². The first kappa shape index (κ1) is 10.5. The summed E-state index contributed by atoms with van der Waals surface area (Å²) in [7, 11) is 0. The van der Waals surface area contributed by atoms with Crippen molar-refractivity contribution in [1.82, 2.24) is 0 Å². The predicted molar refractivity (Wildman–Crippen MR) is 65.2 cm³/mol. The van der Waals surface area contributed by atoms with Gasteiger partial charge < -0.3 is 8.83 Å². The molecule has 18 heavy (non-hydrogen) atoms. The van der Waals surface area contributed by atoms with Crippen molar-refractivity contribution in [3.8, 4) is 0 Å². The lowest BCUT2D eigenvalue weighted by Gasteiger charge is -1.91. The molecule has 0 saturated heterocycles. The van der Waals surface area contributed by atoms with Crippen molar-refractivity contribution in [2.75, 3.05) is 0 Å². The largest absolute Gasteiger partial charge is 0.465 e. The highest BCUT2D eigenvalue weighted by atomic mass is 16.3. The van der Waals surface area contributed by atoms with Gasteiger partial charge in [0.25, 0.3) is 0 Å². The average molecular weight is 240 g/mol. The van der Waals surface area contributed by atoms with Crippen LogP contribution in [0.4, 0.5) is 0 Å². The molecule has 0 atom stereocenters. The molecule has 0 bridgehead atoms. The van der Waals surface area contributed by atoms with E-state index in [1.165, 1.54) is 24.7 Å². The summed E-state index contributed by atoms with van der Waals surface area (Å²) < 4.78 is 10.1. The van der Waals surface area contributed by atoms with Crippen LogP contribution in [-0.4, -0.2) is 0 Å². The summed E-state index contributed by atoms with van der Waals surface area (Å²) >= 11 is 0. The van der Waals surface area contributed by atoms with Gasteiger partial charge in [0.1, 0.15) is 11.5 Å². The normalized spacial score (nSPS) is 10.7. The Morgan fingerprint density at radius 2 is 1.22 bits per heavy atom. The zero-order valence-corrected chi connectivity index (χ0v) is 9.25. The third kappa shape index (κ3) is 1.64. The van der Waals surface area contributed by atoms with E-state index >= 15 is 0 Å². The minimum absolute atomic E-state index is 0.141. The lowest BCUT2D eigenvalue weighted by Crippen LogP contribution is -2.64. The van der Waals surface area contributed by atoms with Gasteiger partial charge in [-0.1, -0.05) is 0 Å². The van der Waals surface area contributed by atoms with Gasteiger partial charge in [-0.15, -0.1) is 0 Å². The fourth-order valence-electron chi connectivity index (χ4n) is 1.73. The van der Waals surface area contributed by atoms with Crippen LogP contribution < -0.4 is 21.3 Å². The molecule has 4 nitrogen and oxygen atoms in total. The first-order valence-corrected chi connectivity index (χ1v) is 5.35. The zero-order valence-electron chi connectivity index (χ0n) is 9.25. The maximum atomic E-state index is 11.8. The number of furan rings is 2. The van der Waals surface area contributed by atoms with E-state index in [0.29, 0.717) is 11.5 Å². The van der Waals surface area contributed by atoms with Crippen LogP contribution in [0.3, 0.4) is 0 Å². The lowest BCUT2D eigenvalue weighted by molar-refractivity contribution is 0.556. The van der Waals surface area contributed by atoms with E-state index in [1.54, 1.807) is 24.3 Å². The minimum atomic E-state index is -0.284.